The van der Waals surface area contributed by atoms with Crippen LogP contribution in [0.4, 0.5) is 4.39 Å². The van der Waals surface area contributed by atoms with Gasteiger partial charge in [-0.25, -0.2) is 4.39 Å². The number of carbonyl (C=O) groups is 1. The Balaban J connectivity index is 2.34. The number of ketones is 1. The van der Waals surface area contributed by atoms with Crippen molar-refractivity contribution in [3.05, 3.63) is 0 Å². The van der Waals surface area contributed by atoms with Crippen LogP contribution in [0, 0.1) is 5.92 Å². The van der Waals surface area contributed by atoms with Crippen molar-refractivity contribution in [1.29, 1.82) is 0 Å². The number of halogens is 1. The van der Waals surface area contributed by atoms with Gasteiger partial charge in [-0.05, 0) is 19.8 Å². The molecule has 1 heterocycles. The predicted octanol–water partition coefficient (Wildman–Crippen LogP) is 0.575. The van der Waals surface area contributed by atoms with Crippen molar-refractivity contribution >= 4 is 5.78 Å². The minimum absolute atomic E-state index is 0.114. The van der Waals surface area contributed by atoms with Crippen LogP contribution in [0.3, 0.4) is 0 Å². The number of aliphatic hydroxyl groups is 1. The average Bonchev–Trinajstić information content (AvgIpc) is 2.17. The molecule has 0 aromatic rings. The Labute approximate surface area is 77.5 Å². The van der Waals surface area contributed by atoms with Gasteiger partial charge < -0.3 is 5.11 Å². The van der Waals surface area contributed by atoms with Crippen LogP contribution in [-0.4, -0.2) is 41.8 Å². The molecule has 0 aliphatic carbocycles. The Bertz CT molecular complexity index is 178. The Morgan fingerprint density at radius 2 is 2.15 bits per heavy atom. The minimum Gasteiger partial charge on any atom is -0.376 e. The highest BCUT2D eigenvalue weighted by Crippen LogP contribution is 2.18. The maximum absolute atomic E-state index is 12.1. The second-order valence-electron chi connectivity index (χ2n) is 3.56. The molecule has 0 bridgehead atoms. The SMILES string of the molecule is CC(=O)C1CCN(C(O)CF)CC1. The van der Waals surface area contributed by atoms with E-state index in [1.54, 1.807) is 11.8 Å². The van der Waals surface area contributed by atoms with E-state index < -0.39 is 12.9 Å². The third kappa shape index (κ3) is 2.74. The molecule has 0 radical (unpaired) electrons. The Hall–Kier alpha value is -0.480. The lowest BCUT2D eigenvalue weighted by Crippen LogP contribution is -2.43. The van der Waals surface area contributed by atoms with Crippen LogP contribution in [0.25, 0.3) is 0 Å². The molecule has 0 aromatic heterocycles. The topological polar surface area (TPSA) is 40.5 Å². The van der Waals surface area contributed by atoms with Crippen molar-refractivity contribution in [3.8, 4) is 0 Å². The lowest BCUT2D eigenvalue weighted by Gasteiger charge is -2.32. The van der Waals surface area contributed by atoms with Crippen LogP contribution in [0.5, 0.6) is 0 Å². The monoisotopic (exact) mass is 189 g/mol. The van der Waals surface area contributed by atoms with Crippen LogP contribution in [0.15, 0.2) is 0 Å². The number of likely N-dealkylation sites (tertiary alicyclic amines) is 1. The van der Waals surface area contributed by atoms with Gasteiger partial charge in [0.05, 0.1) is 0 Å². The average molecular weight is 189 g/mol. The minimum atomic E-state index is -0.979. The molecule has 1 saturated heterocycles. The number of alkyl halides is 1. The number of aliphatic hydroxyl groups excluding tert-OH is 1. The molecule has 3 nitrogen and oxygen atoms in total. The largest absolute Gasteiger partial charge is 0.376 e. The fourth-order valence-electron chi connectivity index (χ4n) is 1.70. The van der Waals surface area contributed by atoms with E-state index in [4.69, 9.17) is 0 Å². The van der Waals surface area contributed by atoms with E-state index in [9.17, 15) is 14.3 Å². The van der Waals surface area contributed by atoms with Gasteiger partial charge in [0, 0.05) is 19.0 Å². The summed E-state index contributed by atoms with van der Waals surface area (Å²) < 4.78 is 12.1. The molecular formula is C9H16FNO2. The molecule has 1 rings (SSSR count). The first-order chi connectivity index (χ1) is 6.15. The second-order valence-corrected chi connectivity index (χ2v) is 3.56. The van der Waals surface area contributed by atoms with Crippen LogP contribution in [0.2, 0.25) is 0 Å². The first kappa shape index (κ1) is 10.6. The lowest BCUT2D eigenvalue weighted by molar-refractivity contribution is -0.123. The number of hydrogen-bond donors (Lipinski definition) is 1. The summed E-state index contributed by atoms with van der Waals surface area (Å²) >= 11 is 0. The van der Waals surface area contributed by atoms with Gasteiger partial charge in [-0.15, -0.1) is 0 Å². The van der Waals surface area contributed by atoms with Crippen molar-refractivity contribution in [2.75, 3.05) is 19.8 Å². The number of hydrogen-bond acceptors (Lipinski definition) is 3. The maximum atomic E-state index is 12.1. The number of nitrogens with zero attached hydrogens (tertiary/aromatic N) is 1. The van der Waals surface area contributed by atoms with Crippen molar-refractivity contribution in [2.24, 2.45) is 5.92 Å². The molecular weight excluding hydrogens is 173 g/mol. The van der Waals surface area contributed by atoms with Gasteiger partial charge in [0.15, 0.2) is 0 Å². The molecule has 0 amide bonds. The summed E-state index contributed by atoms with van der Waals surface area (Å²) in [4.78, 5) is 12.7. The molecule has 76 valence electrons. The zero-order chi connectivity index (χ0) is 9.84. The number of carbonyl (C=O) groups excluding carboxylic acids is 1. The first-order valence-electron chi connectivity index (χ1n) is 4.63. The summed E-state index contributed by atoms with van der Waals surface area (Å²) in [6.45, 7) is 2.10. The van der Waals surface area contributed by atoms with Gasteiger partial charge in [-0.1, -0.05) is 0 Å². The predicted molar refractivity (Wildman–Crippen MR) is 47.0 cm³/mol. The van der Waals surface area contributed by atoms with Crippen LogP contribution < -0.4 is 0 Å². The summed E-state index contributed by atoms with van der Waals surface area (Å²) in [5, 5.41) is 9.17. The number of piperidine rings is 1. The Morgan fingerprint density at radius 1 is 1.62 bits per heavy atom. The quantitative estimate of drug-likeness (QED) is 0.705. The van der Waals surface area contributed by atoms with Crippen molar-refractivity contribution in [3.63, 3.8) is 0 Å². The molecule has 1 atom stereocenters. The van der Waals surface area contributed by atoms with E-state index in [0.717, 1.165) is 12.8 Å². The maximum Gasteiger partial charge on any atom is 0.136 e. The molecule has 1 N–H and O–H groups in total. The fraction of sp³-hybridized carbons (Fsp3) is 0.889. The molecule has 1 aliphatic heterocycles. The Morgan fingerprint density at radius 3 is 2.54 bits per heavy atom. The van der Waals surface area contributed by atoms with Crippen molar-refractivity contribution in [2.45, 2.75) is 26.0 Å². The third-order valence-electron chi connectivity index (χ3n) is 2.66. The third-order valence-corrected chi connectivity index (χ3v) is 2.66. The summed E-state index contributed by atoms with van der Waals surface area (Å²) in [6, 6.07) is 0. The van der Waals surface area contributed by atoms with E-state index >= 15 is 0 Å². The highest BCUT2D eigenvalue weighted by molar-refractivity contribution is 5.78. The van der Waals surface area contributed by atoms with E-state index in [0.29, 0.717) is 13.1 Å². The van der Waals surface area contributed by atoms with Crippen LogP contribution in [0.1, 0.15) is 19.8 Å². The molecule has 13 heavy (non-hydrogen) atoms. The molecule has 4 heteroatoms. The van der Waals surface area contributed by atoms with Gasteiger partial charge in [-0.2, -0.15) is 0 Å². The van der Waals surface area contributed by atoms with Gasteiger partial charge in [0.25, 0.3) is 0 Å². The molecule has 0 aromatic carbocycles. The summed E-state index contributed by atoms with van der Waals surface area (Å²) in [5.41, 5.74) is 0. The number of rotatable bonds is 3. The molecule has 1 aliphatic rings. The fourth-order valence-corrected chi connectivity index (χ4v) is 1.70. The highest BCUT2D eigenvalue weighted by Gasteiger charge is 2.25. The van der Waals surface area contributed by atoms with Crippen LogP contribution in [-0.2, 0) is 4.79 Å². The van der Waals surface area contributed by atoms with Crippen LogP contribution >= 0.6 is 0 Å². The van der Waals surface area contributed by atoms with Crippen molar-refractivity contribution < 1.29 is 14.3 Å². The smallest absolute Gasteiger partial charge is 0.136 e. The molecule has 1 fully saturated rings. The van der Waals surface area contributed by atoms with Crippen molar-refractivity contribution in [1.82, 2.24) is 4.90 Å². The van der Waals surface area contributed by atoms with E-state index in [1.807, 2.05) is 0 Å². The summed E-state index contributed by atoms with van der Waals surface area (Å²) in [7, 11) is 0. The van der Waals surface area contributed by atoms with Gasteiger partial charge in [0.1, 0.15) is 18.7 Å². The first-order valence-corrected chi connectivity index (χ1v) is 4.63. The van der Waals surface area contributed by atoms with E-state index in [1.165, 1.54) is 0 Å². The Kier molecular flexibility index (Phi) is 3.81. The molecule has 0 spiro atoms. The normalized spacial score (nSPS) is 23.0. The van der Waals surface area contributed by atoms with Gasteiger partial charge in [0.2, 0.25) is 0 Å². The standard InChI is InChI=1S/C9H16FNO2/c1-7(12)8-2-4-11(5-3-8)9(13)6-10/h8-9,13H,2-6H2,1H3. The van der Waals surface area contributed by atoms with Gasteiger partial charge >= 0.3 is 0 Å². The number of Topliss-reactive ketones (excluding diaryl/α,β-unsaturated/α-hetero) is 1. The zero-order valence-electron chi connectivity index (χ0n) is 7.87. The zero-order valence-corrected chi connectivity index (χ0v) is 7.87. The lowest BCUT2D eigenvalue weighted by atomic mass is 9.93. The van der Waals surface area contributed by atoms with E-state index in [2.05, 4.69) is 0 Å². The molecule has 1 unspecified atom stereocenters. The highest BCUT2D eigenvalue weighted by atomic mass is 19.1. The van der Waals surface area contributed by atoms with Gasteiger partial charge in [-0.3, -0.25) is 9.69 Å². The summed E-state index contributed by atoms with van der Waals surface area (Å²) in [5.74, 6) is 0.317. The van der Waals surface area contributed by atoms with E-state index in [-0.39, 0.29) is 11.7 Å². The second kappa shape index (κ2) is 4.67. The summed E-state index contributed by atoms with van der Waals surface area (Å²) in [6.07, 6.45) is 0.506. The molecule has 0 saturated carbocycles.